The molecule has 0 heterocycles. The molecule has 2 unspecified atom stereocenters. The topological polar surface area (TPSA) is 52.5 Å². The van der Waals surface area contributed by atoms with E-state index >= 15 is 0 Å². The Bertz CT molecular complexity index is 101. The Hall–Kier alpha value is -0.120. The van der Waals surface area contributed by atoms with Crippen LogP contribution in [0, 0.1) is 5.92 Å². The van der Waals surface area contributed by atoms with Crippen molar-refractivity contribution in [3.05, 3.63) is 0 Å². The van der Waals surface area contributed by atoms with Crippen molar-refractivity contribution in [2.75, 3.05) is 19.7 Å². The predicted octanol–water partition coefficient (Wildman–Crippen LogP) is 0.756. The molecule has 0 aromatic heterocycles. The zero-order valence-corrected chi connectivity index (χ0v) is 8.79. The fraction of sp³-hybridized carbons (Fsp3) is 1.00. The maximum Gasteiger partial charge on any atom is 0.0636 e. The quantitative estimate of drug-likeness (QED) is 0.528. The van der Waals surface area contributed by atoms with Crippen molar-refractivity contribution in [3.63, 3.8) is 0 Å². The summed E-state index contributed by atoms with van der Waals surface area (Å²) in [5.41, 5.74) is 0. The van der Waals surface area contributed by atoms with E-state index in [1.54, 1.807) is 6.92 Å². The van der Waals surface area contributed by atoms with Crippen molar-refractivity contribution < 1.29 is 10.2 Å². The van der Waals surface area contributed by atoms with E-state index in [4.69, 9.17) is 10.2 Å². The molecule has 0 rings (SSSR count). The van der Waals surface area contributed by atoms with Crippen LogP contribution >= 0.6 is 0 Å². The highest BCUT2D eigenvalue weighted by Crippen LogP contribution is 2.08. The summed E-state index contributed by atoms with van der Waals surface area (Å²) in [6.45, 7) is 5.74. The predicted molar refractivity (Wildman–Crippen MR) is 54.7 cm³/mol. The molecule has 0 spiro atoms. The number of nitrogens with one attached hydrogen (secondary N) is 1. The third-order valence-electron chi connectivity index (χ3n) is 2.11. The largest absolute Gasteiger partial charge is 0.396 e. The van der Waals surface area contributed by atoms with E-state index in [1.165, 1.54) is 0 Å². The fourth-order valence-electron chi connectivity index (χ4n) is 1.44. The summed E-state index contributed by atoms with van der Waals surface area (Å²) < 4.78 is 0. The Morgan fingerprint density at radius 3 is 2.38 bits per heavy atom. The van der Waals surface area contributed by atoms with E-state index in [2.05, 4.69) is 12.2 Å². The van der Waals surface area contributed by atoms with E-state index < -0.39 is 0 Å². The Morgan fingerprint density at radius 1 is 1.23 bits per heavy atom. The number of aliphatic hydroxyl groups is 2. The molecule has 3 heteroatoms. The molecule has 0 aliphatic carbocycles. The first-order chi connectivity index (χ1) is 6.20. The van der Waals surface area contributed by atoms with Crippen molar-refractivity contribution in [2.24, 2.45) is 5.92 Å². The standard InChI is InChI=1S/C10H23NO2/c1-3-4-10(5-6-12)8-11-7-9(2)13/h9-13H,3-8H2,1-2H3. The van der Waals surface area contributed by atoms with Crippen LogP contribution in [0.4, 0.5) is 0 Å². The molecule has 0 fully saturated rings. The SMILES string of the molecule is CCCC(CCO)CNCC(C)O. The van der Waals surface area contributed by atoms with Crippen LogP contribution in [0.15, 0.2) is 0 Å². The summed E-state index contributed by atoms with van der Waals surface area (Å²) in [4.78, 5) is 0. The van der Waals surface area contributed by atoms with Crippen LogP contribution in [0.5, 0.6) is 0 Å². The molecule has 0 amide bonds. The van der Waals surface area contributed by atoms with E-state index in [-0.39, 0.29) is 12.7 Å². The van der Waals surface area contributed by atoms with Gasteiger partial charge in [-0.25, -0.2) is 0 Å². The lowest BCUT2D eigenvalue weighted by Crippen LogP contribution is -2.29. The van der Waals surface area contributed by atoms with Crippen molar-refractivity contribution >= 4 is 0 Å². The molecule has 0 aromatic carbocycles. The normalized spacial score (nSPS) is 15.7. The lowest BCUT2D eigenvalue weighted by atomic mass is 10.0. The van der Waals surface area contributed by atoms with Crippen LogP contribution in [0.1, 0.15) is 33.1 Å². The van der Waals surface area contributed by atoms with Gasteiger partial charge in [0.2, 0.25) is 0 Å². The van der Waals surface area contributed by atoms with E-state index in [9.17, 15) is 0 Å². The second kappa shape index (κ2) is 8.48. The highest BCUT2D eigenvalue weighted by atomic mass is 16.3. The minimum atomic E-state index is -0.281. The molecular weight excluding hydrogens is 166 g/mol. The second-order valence-electron chi connectivity index (χ2n) is 3.67. The van der Waals surface area contributed by atoms with Crippen LogP contribution in [0.25, 0.3) is 0 Å². The monoisotopic (exact) mass is 189 g/mol. The zero-order valence-electron chi connectivity index (χ0n) is 8.79. The lowest BCUT2D eigenvalue weighted by molar-refractivity contribution is 0.185. The molecule has 0 saturated heterocycles. The third kappa shape index (κ3) is 8.22. The molecule has 3 nitrogen and oxygen atoms in total. The van der Waals surface area contributed by atoms with Gasteiger partial charge in [-0.2, -0.15) is 0 Å². The Balaban J connectivity index is 3.44. The van der Waals surface area contributed by atoms with Gasteiger partial charge in [0.25, 0.3) is 0 Å². The smallest absolute Gasteiger partial charge is 0.0636 e. The van der Waals surface area contributed by atoms with Gasteiger partial charge in [-0.15, -0.1) is 0 Å². The van der Waals surface area contributed by atoms with Gasteiger partial charge in [-0.1, -0.05) is 13.3 Å². The molecule has 80 valence electrons. The number of hydrogen-bond acceptors (Lipinski definition) is 3. The van der Waals surface area contributed by atoms with Gasteiger partial charge in [-0.3, -0.25) is 0 Å². The van der Waals surface area contributed by atoms with Crippen LogP contribution in [0.2, 0.25) is 0 Å². The molecule has 0 radical (unpaired) electrons. The average Bonchev–Trinajstić information content (AvgIpc) is 2.04. The molecule has 13 heavy (non-hydrogen) atoms. The van der Waals surface area contributed by atoms with Gasteiger partial charge in [0.05, 0.1) is 6.10 Å². The fourth-order valence-corrected chi connectivity index (χ4v) is 1.44. The van der Waals surface area contributed by atoms with Crippen LogP contribution < -0.4 is 5.32 Å². The van der Waals surface area contributed by atoms with Crippen LogP contribution in [-0.2, 0) is 0 Å². The second-order valence-corrected chi connectivity index (χ2v) is 3.67. The molecule has 2 atom stereocenters. The summed E-state index contributed by atoms with van der Waals surface area (Å²) in [6.07, 6.45) is 2.88. The molecule has 3 N–H and O–H groups in total. The third-order valence-corrected chi connectivity index (χ3v) is 2.11. The summed E-state index contributed by atoms with van der Waals surface area (Å²) in [5.74, 6) is 0.550. The number of aliphatic hydroxyl groups excluding tert-OH is 2. The first kappa shape index (κ1) is 12.9. The summed E-state index contributed by atoms with van der Waals surface area (Å²) in [6, 6.07) is 0. The molecule has 0 aromatic rings. The van der Waals surface area contributed by atoms with E-state index in [0.29, 0.717) is 12.5 Å². The van der Waals surface area contributed by atoms with E-state index in [1.807, 2.05) is 0 Å². The minimum absolute atomic E-state index is 0.265. The molecule has 0 saturated carbocycles. The Morgan fingerprint density at radius 2 is 1.92 bits per heavy atom. The summed E-state index contributed by atoms with van der Waals surface area (Å²) >= 11 is 0. The highest BCUT2D eigenvalue weighted by Gasteiger charge is 2.06. The lowest BCUT2D eigenvalue weighted by Gasteiger charge is -2.16. The first-order valence-electron chi connectivity index (χ1n) is 5.20. The van der Waals surface area contributed by atoms with E-state index in [0.717, 1.165) is 25.8 Å². The van der Waals surface area contributed by atoms with Gasteiger partial charge in [-0.05, 0) is 32.2 Å². The molecule has 0 aliphatic rings. The summed E-state index contributed by atoms with van der Waals surface area (Å²) in [7, 11) is 0. The molecular formula is C10H23NO2. The molecule has 0 aliphatic heterocycles. The Labute approximate surface area is 81.2 Å². The van der Waals surface area contributed by atoms with Crippen molar-refractivity contribution in [3.8, 4) is 0 Å². The van der Waals surface area contributed by atoms with Crippen molar-refractivity contribution in [1.29, 1.82) is 0 Å². The maximum atomic E-state index is 9.01. The van der Waals surface area contributed by atoms with Gasteiger partial charge in [0.1, 0.15) is 0 Å². The first-order valence-corrected chi connectivity index (χ1v) is 5.20. The highest BCUT2D eigenvalue weighted by molar-refractivity contribution is 4.63. The van der Waals surface area contributed by atoms with Gasteiger partial charge in [0, 0.05) is 13.2 Å². The molecule has 0 bridgehead atoms. The number of hydrogen-bond donors (Lipinski definition) is 3. The number of rotatable bonds is 8. The van der Waals surface area contributed by atoms with Crippen molar-refractivity contribution in [1.82, 2.24) is 5.32 Å². The minimum Gasteiger partial charge on any atom is -0.396 e. The average molecular weight is 189 g/mol. The van der Waals surface area contributed by atoms with Gasteiger partial charge < -0.3 is 15.5 Å². The van der Waals surface area contributed by atoms with Crippen LogP contribution in [0.3, 0.4) is 0 Å². The summed E-state index contributed by atoms with van der Waals surface area (Å²) in [5, 5.41) is 21.0. The van der Waals surface area contributed by atoms with Gasteiger partial charge in [0.15, 0.2) is 0 Å². The maximum absolute atomic E-state index is 9.01. The van der Waals surface area contributed by atoms with Gasteiger partial charge >= 0.3 is 0 Å². The zero-order chi connectivity index (χ0) is 10.1. The van der Waals surface area contributed by atoms with Crippen molar-refractivity contribution in [2.45, 2.75) is 39.2 Å². The Kier molecular flexibility index (Phi) is 8.40. The van der Waals surface area contributed by atoms with Crippen LogP contribution in [-0.4, -0.2) is 36.0 Å².